The molecule has 5 nitrogen and oxygen atoms in total. The summed E-state index contributed by atoms with van der Waals surface area (Å²) < 4.78 is 43.6. The van der Waals surface area contributed by atoms with Gasteiger partial charge in [-0.05, 0) is 42.3 Å². The second-order valence-electron chi connectivity index (χ2n) is 6.53. The van der Waals surface area contributed by atoms with E-state index in [9.17, 15) is 22.8 Å². The molecule has 0 bridgehead atoms. The van der Waals surface area contributed by atoms with Crippen LogP contribution in [-0.4, -0.2) is 25.0 Å². The minimum atomic E-state index is -4.43. The lowest BCUT2D eigenvalue weighted by Crippen LogP contribution is -2.41. The number of halogens is 3. The molecule has 3 rings (SSSR count). The van der Waals surface area contributed by atoms with Crippen molar-refractivity contribution in [2.45, 2.75) is 26.1 Å². The number of hydrogen-bond acceptors (Lipinski definition) is 3. The molecule has 2 amide bonds. The molecule has 8 heteroatoms. The molecule has 1 aliphatic rings. The number of benzene rings is 2. The minimum Gasteiger partial charge on any atom is -0.482 e. The number of aryl methyl sites for hydroxylation is 1. The quantitative estimate of drug-likeness (QED) is 0.848. The first-order chi connectivity index (χ1) is 13.2. The summed E-state index contributed by atoms with van der Waals surface area (Å²) in [5, 5.41) is 2.59. The van der Waals surface area contributed by atoms with E-state index in [0.29, 0.717) is 17.0 Å². The Hall–Kier alpha value is -3.03. The fraction of sp³-hybridized carbons (Fsp3) is 0.300. The van der Waals surface area contributed by atoms with Crippen molar-refractivity contribution in [2.24, 2.45) is 0 Å². The molecule has 2 aromatic carbocycles. The number of rotatable bonds is 5. The average molecular weight is 392 g/mol. The SMILES string of the molecule is Cc1ccc2c(c1)N(CCC(=O)NCc1cccc(C(F)(F)F)c1)C(=O)CO2. The highest BCUT2D eigenvalue weighted by Crippen LogP contribution is 2.33. The maximum Gasteiger partial charge on any atom is 0.416 e. The first kappa shape index (κ1) is 19.7. The molecule has 1 heterocycles. The smallest absolute Gasteiger partial charge is 0.416 e. The Balaban J connectivity index is 1.58. The molecule has 0 spiro atoms. The van der Waals surface area contributed by atoms with Gasteiger partial charge in [-0.15, -0.1) is 0 Å². The van der Waals surface area contributed by atoms with E-state index >= 15 is 0 Å². The van der Waals surface area contributed by atoms with Gasteiger partial charge in [0, 0.05) is 19.5 Å². The average Bonchev–Trinajstić information content (AvgIpc) is 2.65. The molecule has 0 radical (unpaired) electrons. The molecular formula is C20H19F3N2O3. The van der Waals surface area contributed by atoms with Crippen LogP contribution in [0.3, 0.4) is 0 Å². The van der Waals surface area contributed by atoms with Crippen molar-refractivity contribution in [1.82, 2.24) is 5.32 Å². The summed E-state index contributed by atoms with van der Waals surface area (Å²) in [5.41, 5.74) is 1.16. The molecule has 0 fully saturated rings. The van der Waals surface area contributed by atoms with Gasteiger partial charge >= 0.3 is 6.18 Å². The number of ether oxygens (including phenoxy) is 1. The Morgan fingerprint density at radius 2 is 2.00 bits per heavy atom. The molecule has 0 aliphatic carbocycles. The van der Waals surface area contributed by atoms with E-state index in [1.54, 1.807) is 6.07 Å². The normalized spacial score (nSPS) is 13.7. The standard InChI is InChI=1S/C20H19F3N2O3/c1-13-5-6-17-16(9-13)25(19(27)12-28-17)8-7-18(26)24-11-14-3-2-4-15(10-14)20(21,22)23/h2-6,9-10H,7-8,11-12H2,1H3,(H,24,26). The summed E-state index contributed by atoms with van der Waals surface area (Å²) >= 11 is 0. The van der Waals surface area contributed by atoms with Crippen LogP contribution in [0.25, 0.3) is 0 Å². The predicted octanol–water partition coefficient (Wildman–Crippen LogP) is 3.45. The third-order valence-corrected chi connectivity index (χ3v) is 4.36. The van der Waals surface area contributed by atoms with Crippen molar-refractivity contribution in [3.05, 3.63) is 59.2 Å². The van der Waals surface area contributed by atoms with Gasteiger partial charge in [-0.1, -0.05) is 18.2 Å². The van der Waals surface area contributed by atoms with Gasteiger partial charge in [0.2, 0.25) is 5.91 Å². The summed E-state index contributed by atoms with van der Waals surface area (Å²) in [6, 6.07) is 10.3. The molecule has 0 saturated carbocycles. The first-order valence-electron chi connectivity index (χ1n) is 8.71. The molecule has 1 N–H and O–H groups in total. The number of carbonyl (C=O) groups excluding carboxylic acids is 2. The predicted molar refractivity (Wildman–Crippen MR) is 96.9 cm³/mol. The van der Waals surface area contributed by atoms with Gasteiger partial charge in [-0.25, -0.2) is 0 Å². The van der Waals surface area contributed by atoms with Crippen LogP contribution in [0.15, 0.2) is 42.5 Å². The van der Waals surface area contributed by atoms with Crippen molar-refractivity contribution < 1.29 is 27.5 Å². The number of fused-ring (bicyclic) bond motifs is 1. The molecule has 1 aliphatic heterocycles. The van der Waals surface area contributed by atoms with E-state index < -0.39 is 11.7 Å². The lowest BCUT2D eigenvalue weighted by molar-refractivity contribution is -0.137. The third kappa shape index (κ3) is 4.62. The summed E-state index contributed by atoms with van der Waals surface area (Å²) in [4.78, 5) is 25.8. The van der Waals surface area contributed by atoms with Gasteiger partial charge < -0.3 is 15.0 Å². The fourth-order valence-electron chi connectivity index (χ4n) is 2.92. The number of carbonyl (C=O) groups is 2. The highest BCUT2D eigenvalue weighted by Gasteiger charge is 2.30. The van der Waals surface area contributed by atoms with Gasteiger partial charge in [0.25, 0.3) is 5.91 Å². The Morgan fingerprint density at radius 3 is 2.75 bits per heavy atom. The van der Waals surface area contributed by atoms with Crippen molar-refractivity contribution >= 4 is 17.5 Å². The number of nitrogens with zero attached hydrogens (tertiary/aromatic N) is 1. The number of amides is 2. The maximum absolute atomic E-state index is 12.7. The second kappa shape index (κ2) is 7.92. The fourth-order valence-corrected chi connectivity index (χ4v) is 2.92. The van der Waals surface area contributed by atoms with Gasteiger partial charge in [0.05, 0.1) is 11.3 Å². The highest BCUT2D eigenvalue weighted by atomic mass is 19.4. The van der Waals surface area contributed by atoms with Crippen LogP contribution in [0.1, 0.15) is 23.1 Å². The summed E-state index contributed by atoms with van der Waals surface area (Å²) in [5.74, 6) is -0.0238. The van der Waals surface area contributed by atoms with E-state index in [1.807, 2.05) is 19.1 Å². The Morgan fingerprint density at radius 1 is 1.21 bits per heavy atom. The van der Waals surface area contributed by atoms with Gasteiger partial charge in [0.15, 0.2) is 6.61 Å². The Bertz CT molecular complexity index is 897. The maximum atomic E-state index is 12.7. The van der Waals surface area contributed by atoms with Crippen molar-refractivity contribution in [2.75, 3.05) is 18.1 Å². The molecule has 0 unspecified atom stereocenters. The van der Waals surface area contributed by atoms with Crippen LogP contribution in [0, 0.1) is 6.92 Å². The zero-order valence-corrected chi connectivity index (χ0v) is 15.2. The zero-order chi connectivity index (χ0) is 20.3. The second-order valence-corrected chi connectivity index (χ2v) is 6.53. The van der Waals surface area contributed by atoms with E-state index in [0.717, 1.165) is 17.7 Å². The van der Waals surface area contributed by atoms with Crippen LogP contribution >= 0.6 is 0 Å². The molecule has 0 aromatic heterocycles. The summed E-state index contributed by atoms with van der Waals surface area (Å²) in [6.45, 7) is 1.93. The molecule has 0 saturated heterocycles. The van der Waals surface area contributed by atoms with Crippen molar-refractivity contribution in [1.29, 1.82) is 0 Å². The number of hydrogen-bond donors (Lipinski definition) is 1. The minimum absolute atomic E-state index is 0.0183. The van der Waals surface area contributed by atoms with Gasteiger partial charge in [-0.3, -0.25) is 9.59 Å². The Kier molecular flexibility index (Phi) is 5.58. The molecule has 148 valence electrons. The highest BCUT2D eigenvalue weighted by molar-refractivity contribution is 5.98. The molecule has 2 aromatic rings. The van der Waals surface area contributed by atoms with E-state index in [1.165, 1.54) is 17.0 Å². The number of alkyl halides is 3. The topological polar surface area (TPSA) is 58.6 Å². The largest absolute Gasteiger partial charge is 0.482 e. The van der Waals surface area contributed by atoms with E-state index in [4.69, 9.17) is 4.74 Å². The lowest BCUT2D eigenvalue weighted by Gasteiger charge is -2.29. The van der Waals surface area contributed by atoms with E-state index in [2.05, 4.69) is 5.32 Å². The number of anilines is 1. The van der Waals surface area contributed by atoms with Crippen LogP contribution in [-0.2, 0) is 22.3 Å². The summed E-state index contributed by atoms with van der Waals surface area (Å²) in [6.07, 6.45) is -4.40. The van der Waals surface area contributed by atoms with E-state index in [-0.39, 0.29) is 37.9 Å². The van der Waals surface area contributed by atoms with Crippen LogP contribution in [0.5, 0.6) is 5.75 Å². The first-order valence-corrected chi connectivity index (χ1v) is 8.71. The Labute approximate surface area is 160 Å². The zero-order valence-electron chi connectivity index (χ0n) is 15.2. The van der Waals surface area contributed by atoms with Crippen LogP contribution in [0.4, 0.5) is 18.9 Å². The van der Waals surface area contributed by atoms with Crippen molar-refractivity contribution in [3.63, 3.8) is 0 Å². The van der Waals surface area contributed by atoms with Crippen molar-refractivity contribution in [3.8, 4) is 5.75 Å². The molecular weight excluding hydrogens is 373 g/mol. The summed E-state index contributed by atoms with van der Waals surface area (Å²) in [7, 11) is 0. The lowest BCUT2D eigenvalue weighted by atomic mass is 10.1. The van der Waals surface area contributed by atoms with Gasteiger partial charge in [0.1, 0.15) is 5.75 Å². The van der Waals surface area contributed by atoms with Crippen LogP contribution in [0.2, 0.25) is 0 Å². The number of nitrogens with one attached hydrogen (secondary N) is 1. The third-order valence-electron chi connectivity index (χ3n) is 4.36. The van der Waals surface area contributed by atoms with Gasteiger partial charge in [-0.2, -0.15) is 13.2 Å². The monoisotopic (exact) mass is 392 g/mol. The van der Waals surface area contributed by atoms with Crippen LogP contribution < -0.4 is 15.0 Å². The molecule has 0 atom stereocenters. The molecule has 28 heavy (non-hydrogen) atoms.